The van der Waals surface area contributed by atoms with Crippen molar-refractivity contribution in [2.75, 3.05) is 7.11 Å². The Bertz CT molecular complexity index is 1030. The molecule has 0 aromatic heterocycles. The summed E-state index contributed by atoms with van der Waals surface area (Å²) in [7, 11) is 1.28. The van der Waals surface area contributed by atoms with Crippen LogP contribution in [0.4, 0.5) is 4.79 Å². The Kier molecular flexibility index (Phi) is 4.02. The van der Waals surface area contributed by atoms with E-state index in [0.29, 0.717) is 22.5 Å². The number of benzene rings is 2. The standard InChI is InChI=1S/C22H20O5/c1-11(2)21(23)26-20-15-8-6-5-7-14(15)19(27-22(24)25-4)17-13-9-12(3)16(10-13)18(17)20/h5-9,13,16H,1,10H2,2-4H3. The summed E-state index contributed by atoms with van der Waals surface area (Å²) in [6.45, 7) is 7.38. The molecular weight excluding hydrogens is 344 g/mol. The number of carbonyl (C=O) groups is 2. The molecule has 2 aliphatic carbocycles. The molecule has 2 unspecified atom stereocenters. The van der Waals surface area contributed by atoms with Gasteiger partial charge in [-0.05, 0) is 20.3 Å². The van der Waals surface area contributed by atoms with Gasteiger partial charge in [0, 0.05) is 39.3 Å². The molecular formula is C22H20O5. The van der Waals surface area contributed by atoms with Gasteiger partial charge in [-0.1, -0.05) is 42.5 Å². The maximum absolute atomic E-state index is 12.3. The Morgan fingerprint density at radius 2 is 1.70 bits per heavy atom. The zero-order valence-electron chi connectivity index (χ0n) is 15.5. The van der Waals surface area contributed by atoms with E-state index in [2.05, 4.69) is 19.6 Å². The summed E-state index contributed by atoms with van der Waals surface area (Å²) < 4.78 is 16.1. The van der Waals surface area contributed by atoms with Gasteiger partial charge >= 0.3 is 12.1 Å². The smallest absolute Gasteiger partial charge is 0.437 e. The van der Waals surface area contributed by atoms with E-state index >= 15 is 0 Å². The van der Waals surface area contributed by atoms with Crippen molar-refractivity contribution >= 4 is 22.9 Å². The first kappa shape index (κ1) is 17.3. The molecule has 5 nitrogen and oxygen atoms in total. The van der Waals surface area contributed by atoms with Crippen molar-refractivity contribution < 1.29 is 23.8 Å². The van der Waals surface area contributed by atoms with E-state index in [1.807, 2.05) is 24.3 Å². The molecule has 2 aromatic carbocycles. The van der Waals surface area contributed by atoms with E-state index < -0.39 is 12.1 Å². The Labute approximate surface area is 157 Å². The number of methoxy groups -OCH3 is 1. The normalized spacial score (nSPS) is 19.4. The second-order valence-corrected chi connectivity index (χ2v) is 7.06. The van der Waals surface area contributed by atoms with Crippen molar-refractivity contribution in [1.82, 2.24) is 0 Å². The highest BCUT2D eigenvalue weighted by Gasteiger charge is 2.43. The van der Waals surface area contributed by atoms with Crippen molar-refractivity contribution in [3.63, 3.8) is 0 Å². The molecule has 2 aromatic rings. The molecule has 138 valence electrons. The quantitative estimate of drug-likeness (QED) is 0.252. The number of fused-ring (bicyclic) bond motifs is 6. The minimum absolute atomic E-state index is 0.122. The van der Waals surface area contributed by atoms with Gasteiger partial charge in [0.15, 0.2) is 0 Å². The Morgan fingerprint density at radius 1 is 1.07 bits per heavy atom. The van der Waals surface area contributed by atoms with Gasteiger partial charge in [-0.15, -0.1) is 0 Å². The minimum Gasteiger partial charge on any atom is -0.437 e. The van der Waals surface area contributed by atoms with Crippen LogP contribution in [0.5, 0.6) is 11.5 Å². The highest BCUT2D eigenvalue weighted by molar-refractivity contribution is 6.01. The highest BCUT2D eigenvalue weighted by atomic mass is 16.7. The first-order chi connectivity index (χ1) is 12.9. The molecule has 0 heterocycles. The molecule has 0 aliphatic heterocycles. The molecule has 0 amide bonds. The lowest BCUT2D eigenvalue weighted by Gasteiger charge is -2.23. The third-order valence-electron chi connectivity index (χ3n) is 5.31. The van der Waals surface area contributed by atoms with E-state index in [-0.39, 0.29) is 11.8 Å². The van der Waals surface area contributed by atoms with Crippen LogP contribution in [0.15, 0.2) is 48.1 Å². The highest BCUT2D eigenvalue weighted by Crippen LogP contribution is 2.60. The molecule has 0 spiro atoms. The van der Waals surface area contributed by atoms with Crippen molar-refractivity contribution in [3.8, 4) is 11.5 Å². The predicted molar refractivity (Wildman–Crippen MR) is 101 cm³/mol. The van der Waals surface area contributed by atoms with Gasteiger partial charge in [0.1, 0.15) is 11.5 Å². The van der Waals surface area contributed by atoms with Crippen molar-refractivity contribution in [1.29, 1.82) is 0 Å². The summed E-state index contributed by atoms with van der Waals surface area (Å²) in [5.41, 5.74) is 3.39. The van der Waals surface area contributed by atoms with E-state index in [4.69, 9.17) is 14.2 Å². The number of rotatable bonds is 3. The van der Waals surface area contributed by atoms with E-state index in [0.717, 1.165) is 22.9 Å². The average Bonchev–Trinajstić information content (AvgIpc) is 3.21. The summed E-state index contributed by atoms with van der Waals surface area (Å²) in [6, 6.07) is 7.45. The van der Waals surface area contributed by atoms with Crippen LogP contribution in [-0.4, -0.2) is 19.2 Å². The van der Waals surface area contributed by atoms with Gasteiger partial charge in [-0.3, -0.25) is 0 Å². The van der Waals surface area contributed by atoms with Crippen LogP contribution in [0.3, 0.4) is 0 Å². The van der Waals surface area contributed by atoms with Gasteiger partial charge < -0.3 is 14.2 Å². The van der Waals surface area contributed by atoms with Gasteiger partial charge in [0.2, 0.25) is 0 Å². The number of carbonyl (C=O) groups excluding carboxylic acids is 2. The lowest BCUT2D eigenvalue weighted by Crippen LogP contribution is -2.14. The van der Waals surface area contributed by atoms with Crippen LogP contribution >= 0.6 is 0 Å². The van der Waals surface area contributed by atoms with E-state index in [1.54, 1.807) is 6.92 Å². The first-order valence-corrected chi connectivity index (χ1v) is 8.82. The van der Waals surface area contributed by atoms with Crippen LogP contribution in [0, 0.1) is 0 Å². The summed E-state index contributed by atoms with van der Waals surface area (Å²) >= 11 is 0. The maximum Gasteiger partial charge on any atom is 0.513 e. The average molecular weight is 364 g/mol. The fraction of sp³-hybridized carbons (Fsp3) is 0.273. The fourth-order valence-corrected chi connectivity index (χ4v) is 4.14. The van der Waals surface area contributed by atoms with Crippen molar-refractivity contribution in [2.24, 2.45) is 0 Å². The fourth-order valence-electron chi connectivity index (χ4n) is 4.14. The largest absolute Gasteiger partial charge is 0.513 e. The molecule has 0 saturated carbocycles. The van der Waals surface area contributed by atoms with Crippen LogP contribution in [0.25, 0.3) is 10.8 Å². The summed E-state index contributed by atoms with van der Waals surface area (Å²) in [6.07, 6.45) is 2.31. The van der Waals surface area contributed by atoms with E-state index in [9.17, 15) is 9.59 Å². The third-order valence-corrected chi connectivity index (χ3v) is 5.31. The van der Waals surface area contributed by atoms with Crippen LogP contribution in [-0.2, 0) is 9.53 Å². The second kappa shape index (κ2) is 6.27. The minimum atomic E-state index is -0.766. The molecule has 2 atom stereocenters. The monoisotopic (exact) mass is 364 g/mol. The van der Waals surface area contributed by atoms with Gasteiger partial charge in [-0.25, -0.2) is 9.59 Å². The predicted octanol–water partition coefficient (Wildman–Crippen LogP) is 5.00. The number of esters is 1. The lowest BCUT2D eigenvalue weighted by atomic mass is 9.87. The van der Waals surface area contributed by atoms with E-state index in [1.165, 1.54) is 12.7 Å². The third kappa shape index (κ3) is 2.62. The molecule has 27 heavy (non-hydrogen) atoms. The van der Waals surface area contributed by atoms with Crippen LogP contribution in [0.2, 0.25) is 0 Å². The summed E-state index contributed by atoms with van der Waals surface area (Å²) in [5.74, 6) is 0.817. The SMILES string of the molecule is C=C(C)C(=O)Oc1c2c(c(OC(=O)OC)c3ccccc13)C1C=C(C)C2C1. The van der Waals surface area contributed by atoms with Gasteiger partial charge in [0.05, 0.1) is 7.11 Å². The molecule has 0 fully saturated rings. The lowest BCUT2D eigenvalue weighted by molar-refractivity contribution is -0.130. The molecule has 5 heteroatoms. The first-order valence-electron chi connectivity index (χ1n) is 8.82. The van der Waals surface area contributed by atoms with Crippen LogP contribution < -0.4 is 9.47 Å². The van der Waals surface area contributed by atoms with Gasteiger partial charge in [0.25, 0.3) is 0 Å². The zero-order chi connectivity index (χ0) is 19.3. The molecule has 2 bridgehead atoms. The molecule has 2 aliphatic rings. The molecule has 0 radical (unpaired) electrons. The van der Waals surface area contributed by atoms with Gasteiger partial charge in [-0.2, -0.15) is 0 Å². The molecule has 0 saturated heterocycles. The number of hydrogen-bond acceptors (Lipinski definition) is 5. The van der Waals surface area contributed by atoms with Crippen molar-refractivity contribution in [2.45, 2.75) is 32.1 Å². The number of ether oxygens (including phenoxy) is 3. The second-order valence-electron chi connectivity index (χ2n) is 7.06. The molecule has 0 N–H and O–H groups in total. The summed E-state index contributed by atoms with van der Waals surface area (Å²) in [5, 5.41) is 1.44. The van der Waals surface area contributed by atoms with Crippen LogP contribution in [0.1, 0.15) is 43.2 Å². The Balaban J connectivity index is 2.02. The zero-order valence-corrected chi connectivity index (χ0v) is 15.5. The maximum atomic E-state index is 12.3. The topological polar surface area (TPSA) is 61.8 Å². The Hall–Kier alpha value is -3.08. The number of hydrogen-bond donors (Lipinski definition) is 0. The molecule has 4 rings (SSSR count). The summed E-state index contributed by atoms with van der Waals surface area (Å²) in [4.78, 5) is 24.2. The number of allylic oxidation sites excluding steroid dienone is 2. The van der Waals surface area contributed by atoms with Crippen molar-refractivity contribution in [3.05, 3.63) is 59.2 Å². The Morgan fingerprint density at radius 3 is 2.30 bits per heavy atom.